The molecule has 0 aliphatic heterocycles. The average Bonchev–Trinajstić information content (AvgIpc) is 1.65. The van der Waals surface area contributed by atoms with Gasteiger partial charge in [-0.3, -0.25) is 0 Å². The minimum absolute atomic E-state index is 0. The summed E-state index contributed by atoms with van der Waals surface area (Å²) in [5.41, 5.74) is 0. The van der Waals surface area contributed by atoms with Crippen molar-refractivity contribution >= 4 is 43.7 Å². The summed E-state index contributed by atoms with van der Waals surface area (Å²) in [7, 11) is 6.00. The zero-order chi connectivity index (χ0) is 7.86. The van der Waals surface area contributed by atoms with E-state index in [4.69, 9.17) is 5.11 Å². The van der Waals surface area contributed by atoms with E-state index in [2.05, 4.69) is 6.58 Å². The molecule has 0 aliphatic carbocycles. The fourth-order valence-corrected chi connectivity index (χ4v) is 0. The maximum atomic E-state index is 9.25. The molecule has 0 saturated carbocycles. The maximum Gasteiger partial charge on any atom is 2.00 e. The van der Waals surface area contributed by atoms with E-state index < -0.39 is 5.97 Å². The molecule has 0 rings (SSSR count). The summed E-state index contributed by atoms with van der Waals surface area (Å²) in [6.45, 7) is 2.96. The van der Waals surface area contributed by atoms with Crippen LogP contribution in [-0.4, -0.2) is 74.9 Å². The topological polar surface area (TPSA) is 40.5 Å². The first kappa shape index (κ1) is 16.8. The van der Waals surface area contributed by atoms with Gasteiger partial charge in [-0.1, -0.05) is 6.58 Å². The molecule has 1 N–H and O–H groups in total. The van der Waals surface area contributed by atoms with Gasteiger partial charge in [-0.15, -0.1) is 0 Å². The maximum absolute atomic E-state index is 9.25. The molecule has 0 spiro atoms. The van der Waals surface area contributed by atoms with Gasteiger partial charge in [0.25, 0.3) is 0 Å². The summed E-state index contributed by atoms with van der Waals surface area (Å²) >= 11 is 0. The van der Waals surface area contributed by atoms with Crippen LogP contribution in [0.1, 0.15) is 2.85 Å². The molecular formula is C6H15CaNO2. The van der Waals surface area contributed by atoms with Gasteiger partial charge in [0, 0.05) is 6.08 Å². The number of carboxylic acid groups (broad SMARTS) is 1. The number of hydrogen-bond donors (Lipinski definition) is 1. The third-order valence-corrected chi connectivity index (χ3v) is 0.175. The molecule has 0 aromatic heterocycles. The molecule has 0 aromatic carbocycles. The quantitative estimate of drug-likeness (QED) is 0.457. The zero-order valence-corrected chi connectivity index (χ0v) is 9.00. The van der Waals surface area contributed by atoms with Crippen molar-refractivity contribution in [2.45, 2.75) is 0 Å². The third-order valence-electron chi connectivity index (χ3n) is 0.175. The minimum Gasteiger partial charge on any atom is -1.00 e. The van der Waals surface area contributed by atoms with Crippen LogP contribution >= 0.6 is 0 Å². The Morgan fingerprint density at radius 3 is 1.70 bits per heavy atom. The van der Waals surface area contributed by atoms with Crippen LogP contribution in [0.25, 0.3) is 0 Å². The van der Waals surface area contributed by atoms with Crippen LogP contribution in [0.5, 0.6) is 0 Å². The fourth-order valence-electron chi connectivity index (χ4n) is 0. The first-order valence-electron chi connectivity index (χ1n) is 2.47. The van der Waals surface area contributed by atoms with Crippen molar-refractivity contribution in [2.24, 2.45) is 0 Å². The van der Waals surface area contributed by atoms with Crippen molar-refractivity contribution in [3.8, 4) is 0 Å². The van der Waals surface area contributed by atoms with Crippen molar-refractivity contribution in [1.29, 1.82) is 0 Å². The van der Waals surface area contributed by atoms with Crippen LogP contribution in [0, 0.1) is 0 Å². The molecule has 10 heavy (non-hydrogen) atoms. The molecule has 0 amide bonds. The van der Waals surface area contributed by atoms with Gasteiger partial charge < -0.3 is 12.9 Å². The van der Waals surface area contributed by atoms with Crippen LogP contribution in [0.2, 0.25) is 0 Å². The monoisotopic (exact) mass is 173 g/mol. The number of nitrogens with zero attached hydrogens (tertiary/aromatic N) is 1. The van der Waals surface area contributed by atoms with Crippen molar-refractivity contribution in [3.63, 3.8) is 0 Å². The second kappa shape index (κ2) is 12.1. The number of rotatable bonds is 1. The normalized spacial score (nSPS) is 6.80. The summed E-state index contributed by atoms with van der Waals surface area (Å²) < 4.78 is 0. The second-order valence-corrected chi connectivity index (χ2v) is 1.88. The Kier molecular flexibility index (Phi) is 20.4. The van der Waals surface area contributed by atoms with Gasteiger partial charge in [0.1, 0.15) is 0 Å². The summed E-state index contributed by atoms with van der Waals surface area (Å²) in [5.74, 6) is -0.981. The average molecular weight is 173 g/mol. The van der Waals surface area contributed by atoms with Crippen LogP contribution in [0.15, 0.2) is 12.7 Å². The number of aliphatic carboxylic acids is 1. The summed E-state index contributed by atoms with van der Waals surface area (Å²) in [6.07, 6.45) is 0.833. The fraction of sp³-hybridized carbons (Fsp3) is 0.500. The Morgan fingerprint density at radius 2 is 1.70 bits per heavy atom. The molecule has 0 saturated heterocycles. The molecular weight excluding hydrogens is 158 g/mol. The van der Waals surface area contributed by atoms with E-state index >= 15 is 0 Å². The first-order chi connectivity index (χ1) is 4.00. The van der Waals surface area contributed by atoms with Gasteiger partial charge in [-0.2, -0.15) is 0 Å². The molecule has 0 atom stereocenters. The van der Waals surface area contributed by atoms with Gasteiger partial charge in [-0.25, -0.2) is 4.79 Å². The van der Waals surface area contributed by atoms with Crippen LogP contribution in [0.4, 0.5) is 0 Å². The Labute approximate surface area is 94.7 Å². The number of hydrogen-bond acceptors (Lipinski definition) is 2. The van der Waals surface area contributed by atoms with Gasteiger partial charge in [0.05, 0.1) is 0 Å². The SMILES string of the molecule is C=CC(=O)O.CN(C)C.[Ca+2].[H-].[H-]. The van der Waals surface area contributed by atoms with Crippen LogP contribution < -0.4 is 0 Å². The van der Waals surface area contributed by atoms with E-state index in [1.807, 2.05) is 26.0 Å². The van der Waals surface area contributed by atoms with Gasteiger partial charge >= 0.3 is 43.7 Å². The van der Waals surface area contributed by atoms with Crippen molar-refractivity contribution in [2.75, 3.05) is 21.1 Å². The van der Waals surface area contributed by atoms with E-state index in [1.165, 1.54) is 0 Å². The van der Waals surface area contributed by atoms with Crippen LogP contribution in [-0.2, 0) is 4.79 Å². The molecule has 0 bridgehead atoms. The Hall–Kier alpha value is 0.430. The van der Waals surface area contributed by atoms with E-state index in [0.29, 0.717) is 0 Å². The molecule has 0 unspecified atom stereocenters. The summed E-state index contributed by atoms with van der Waals surface area (Å²) in [5, 5.41) is 7.60. The summed E-state index contributed by atoms with van der Waals surface area (Å²) in [6, 6.07) is 0. The second-order valence-electron chi connectivity index (χ2n) is 1.88. The minimum atomic E-state index is -0.981. The molecule has 0 radical (unpaired) electrons. The standard InChI is InChI=1S/C3H9N.C3H4O2.Ca.2H/c1-4(2)3;1-2-3(4)5;;;/h1-3H3;2H,1H2,(H,4,5);;;/q;;+2;2*-1. The van der Waals surface area contributed by atoms with Crippen molar-refractivity contribution in [1.82, 2.24) is 4.90 Å². The van der Waals surface area contributed by atoms with Gasteiger partial charge in [0.15, 0.2) is 0 Å². The number of carboxylic acids is 1. The van der Waals surface area contributed by atoms with Crippen molar-refractivity contribution < 1.29 is 12.8 Å². The predicted octanol–water partition coefficient (Wildman–Crippen LogP) is 0.279. The molecule has 0 fully saturated rings. The largest absolute Gasteiger partial charge is 2.00 e. The van der Waals surface area contributed by atoms with Crippen LogP contribution in [0.3, 0.4) is 0 Å². The molecule has 0 heterocycles. The first-order valence-corrected chi connectivity index (χ1v) is 2.47. The molecule has 58 valence electrons. The van der Waals surface area contributed by atoms with E-state index in [0.717, 1.165) is 6.08 Å². The van der Waals surface area contributed by atoms with E-state index in [9.17, 15) is 4.79 Å². The third kappa shape index (κ3) is 78.8. The van der Waals surface area contributed by atoms with Gasteiger partial charge in [-0.05, 0) is 21.1 Å². The Bertz CT molecular complexity index is 98.8. The van der Waals surface area contributed by atoms with Gasteiger partial charge in [0.2, 0.25) is 0 Å². The van der Waals surface area contributed by atoms with E-state index in [1.54, 1.807) is 0 Å². The number of carbonyl (C=O) groups is 1. The van der Waals surface area contributed by atoms with Crippen molar-refractivity contribution in [3.05, 3.63) is 12.7 Å². The molecule has 0 aliphatic rings. The Balaban J connectivity index is -0.0000000221. The zero-order valence-electron chi connectivity index (χ0n) is 8.79. The summed E-state index contributed by atoms with van der Waals surface area (Å²) in [4.78, 5) is 11.2. The van der Waals surface area contributed by atoms with E-state index in [-0.39, 0.29) is 40.6 Å². The molecule has 3 nitrogen and oxygen atoms in total. The predicted molar refractivity (Wildman–Crippen MR) is 45.4 cm³/mol. The molecule has 4 heteroatoms. The molecule has 0 aromatic rings. The Morgan fingerprint density at radius 1 is 1.60 bits per heavy atom. The smallest absolute Gasteiger partial charge is 1.00 e.